The molecule has 1 N–H and O–H groups in total. The highest BCUT2D eigenvalue weighted by molar-refractivity contribution is 7.85. The zero-order chi connectivity index (χ0) is 12.7. The summed E-state index contributed by atoms with van der Waals surface area (Å²) in [5, 5.41) is 0. The van der Waals surface area contributed by atoms with Crippen LogP contribution in [0.15, 0.2) is 17.0 Å². The first-order valence-electron chi connectivity index (χ1n) is 4.81. The standard InChI is InChI=1S/C11H15FO3S/c1-7-5-8(11(2,3)4)6-9(12)10(7)16(13,14)15/h5-6H,1-4H3,(H,13,14,15). The van der Waals surface area contributed by atoms with Crippen LogP contribution in [0.25, 0.3) is 0 Å². The number of aryl methyl sites for hydroxylation is 1. The first kappa shape index (κ1) is 13.1. The summed E-state index contributed by atoms with van der Waals surface area (Å²) in [7, 11) is -4.50. The second-order valence-corrected chi connectivity index (χ2v) is 6.19. The van der Waals surface area contributed by atoms with Crippen LogP contribution in [0.1, 0.15) is 31.9 Å². The number of halogens is 1. The third-order valence-corrected chi connectivity index (χ3v) is 3.39. The van der Waals surface area contributed by atoms with Gasteiger partial charge in [-0.2, -0.15) is 8.42 Å². The minimum atomic E-state index is -4.50. The van der Waals surface area contributed by atoms with Crippen LogP contribution < -0.4 is 0 Å². The third kappa shape index (κ3) is 2.59. The third-order valence-electron chi connectivity index (χ3n) is 2.35. The Labute approximate surface area is 95.1 Å². The highest BCUT2D eigenvalue weighted by Crippen LogP contribution is 2.28. The SMILES string of the molecule is Cc1cc(C(C)(C)C)cc(F)c1S(=O)(=O)O. The van der Waals surface area contributed by atoms with Crippen molar-refractivity contribution >= 4 is 10.1 Å². The van der Waals surface area contributed by atoms with Crippen LogP contribution in [-0.2, 0) is 15.5 Å². The van der Waals surface area contributed by atoms with Gasteiger partial charge < -0.3 is 0 Å². The lowest BCUT2D eigenvalue weighted by Crippen LogP contribution is -2.14. The molecule has 0 fully saturated rings. The Morgan fingerprint density at radius 1 is 1.25 bits per heavy atom. The van der Waals surface area contributed by atoms with Gasteiger partial charge in [0, 0.05) is 0 Å². The largest absolute Gasteiger partial charge is 0.297 e. The van der Waals surface area contributed by atoms with Crippen molar-refractivity contribution in [3.05, 3.63) is 29.1 Å². The molecule has 0 heterocycles. The van der Waals surface area contributed by atoms with Gasteiger partial charge in [-0.3, -0.25) is 4.55 Å². The molecule has 0 unspecified atom stereocenters. The molecule has 0 spiro atoms. The topological polar surface area (TPSA) is 54.4 Å². The molecule has 0 aliphatic rings. The fourth-order valence-electron chi connectivity index (χ4n) is 1.49. The van der Waals surface area contributed by atoms with E-state index in [0.717, 1.165) is 6.07 Å². The van der Waals surface area contributed by atoms with Crippen LogP contribution in [0.4, 0.5) is 4.39 Å². The van der Waals surface area contributed by atoms with Gasteiger partial charge in [0.2, 0.25) is 0 Å². The highest BCUT2D eigenvalue weighted by Gasteiger charge is 2.23. The normalized spacial score (nSPS) is 12.9. The van der Waals surface area contributed by atoms with Crippen molar-refractivity contribution in [2.75, 3.05) is 0 Å². The average molecular weight is 246 g/mol. The lowest BCUT2D eigenvalue weighted by Gasteiger charge is -2.20. The molecular formula is C11H15FO3S. The average Bonchev–Trinajstić information content (AvgIpc) is 1.97. The lowest BCUT2D eigenvalue weighted by atomic mass is 9.86. The van der Waals surface area contributed by atoms with Crippen molar-refractivity contribution in [3.63, 3.8) is 0 Å². The second-order valence-electron chi connectivity index (χ2n) is 4.83. The maximum Gasteiger partial charge on any atom is 0.297 e. The van der Waals surface area contributed by atoms with Crippen molar-refractivity contribution in [2.24, 2.45) is 0 Å². The lowest BCUT2D eigenvalue weighted by molar-refractivity contribution is 0.470. The van der Waals surface area contributed by atoms with Crippen LogP contribution >= 0.6 is 0 Å². The van der Waals surface area contributed by atoms with Crippen LogP contribution in [0.5, 0.6) is 0 Å². The molecule has 0 aromatic heterocycles. The Morgan fingerprint density at radius 3 is 2.06 bits per heavy atom. The first-order valence-corrected chi connectivity index (χ1v) is 6.25. The molecular weight excluding hydrogens is 231 g/mol. The van der Waals surface area contributed by atoms with Crippen molar-refractivity contribution in [3.8, 4) is 0 Å². The van der Waals surface area contributed by atoms with Gasteiger partial charge in [-0.25, -0.2) is 4.39 Å². The molecule has 90 valence electrons. The summed E-state index contributed by atoms with van der Waals surface area (Å²) in [6.07, 6.45) is 0. The first-order chi connectivity index (χ1) is 7.03. The van der Waals surface area contributed by atoms with Gasteiger partial charge in [0.1, 0.15) is 10.7 Å². The van der Waals surface area contributed by atoms with Crippen molar-refractivity contribution in [1.82, 2.24) is 0 Å². The van der Waals surface area contributed by atoms with E-state index in [1.165, 1.54) is 6.92 Å². The quantitative estimate of drug-likeness (QED) is 0.775. The Bertz CT molecular complexity index is 490. The number of hydrogen-bond donors (Lipinski definition) is 1. The number of benzene rings is 1. The smallest absolute Gasteiger partial charge is 0.282 e. The molecule has 3 nitrogen and oxygen atoms in total. The maximum absolute atomic E-state index is 13.6. The molecule has 0 saturated heterocycles. The molecule has 16 heavy (non-hydrogen) atoms. The van der Waals surface area contributed by atoms with E-state index in [-0.39, 0.29) is 11.0 Å². The Hall–Kier alpha value is -0.940. The Morgan fingerprint density at radius 2 is 1.75 bits per heavy atom. The molecule has 0 radical (unpaired) electrons. The van der Waals surface area contributed by atoms with E-state index in [1.807, 2.05) is 20.8 Å². The van der Waals surface area contributed by atoms with E-state index in [4.69, 9.17) is 4.55 Å². The fourth-order valence-corrected chi connectivity index (χ4v) is 2.26. The molecule has 5 heteroatoms. The van der Waals surface area contributed by atoms with Gasteiger partial charge in [0.25, 0.3) is 10.1 Å². The van der Waals surface area contributed by atoms with Crippen molar-refractivity contribution < 1.29 is 17.4 Å². The van der Waals surface area contributed by atoms with Crippen LogP contribution in [-0.4, -0.2) is 13.0 Å². The van der Waals surface area contributed by atoms with Gasteiger partial charge in [-0.15, -0.1) is 0 Å². The summed E-state index contributed by atoms with van der Waals surface area (Å²) in [5.74, 6) is -0.910. The molecule has 0 amide bonds. The summed E-state index contributed by atoms with van der Waals surface area (Å²) in [4.78, 5) is -0.638. The van der Waals surface area contributed by atoms with E-state index < -0.39 is 20.8 Å². The second kappa shape index (κ2) is 3.82. The summed E-state index contributed by atoms with van der Waals surface area (Å²) >= 11 is 0. The summed E-state index contributed by atoms with van der Waals surface area (Å²) in [5.41, 5.74) is 0.630. The van der Waals surface area contributed by atoms with E-state index >= 15 is 0 Å². The molecule has 0 saturated carbocycles. The summed E-state index contributed by atoms with van der Waals surface area (Å²) < 4.78 is 44.4. The predicted molar refractivity (Wildman–Crippen MR) is 59.7 cm³/mol. The molecule has 0 bridgehead atoms. The van der Waals surface area contributed by atoms with Crippen LogP contribution in [0.2, 0.25) is 0 Å². The minimum absolute atomic E-state index is 0.215. The van der Waals surface area contributed by atoms with E-state index in [0.29, 0.717) is 5.56 Å². The fraction of sp³-hybridized carbons (Fsp3) is 0.455. The molecule has 0 atom stereocenters. The number of hydrogen-bond acceptors (Lipinski definition) is 2. The van der Waals surface area contributed by atoms with Gasteiger partial charge in [0.05, 0.1) is 0 Å². The highest BCUT2D eigenvalue weighted by atomic mass is 32.2. The van der Waals surface area contributed by atoms with Gasteiger partial charge in [-0.1, -0.05) is 26.8 Å². The molecule has 1 rings (SSSR count). The Kier molecular flexibility index (Phi) is 3.13. The zero-order valence-corrected chi connectivity index (χ0v) is 10.5. The minimum Gasteiger partial charge on any atom is -0.282 e. The predicted octanol–water partition coefficient (Wildman–Crippen LogP) is 2.68. The van der Waals surface area contributed by atoms with Crippen molar-refractivity contribution in [2.45, 2.75) is 38.0 Å². The molecule has 1 aromatic rings. The van der Waals surface area contributed by atoms with Gasteiger partial charge in [-0.05, 0) is 29.5 Å². The monoisotopic (exact) mass is 246 g/mol. The van der Waals surface area contributed by atoms with E-state index in [2.05, 4.69) is 0 Å². The van der Waals surface area contributed by atoms with Crippen molar-refractivity contribution in [1.29, 1.82) is 0 Å². The Balaban J connectivity index is 3.53. The number of rotatable bonds is 1. The summed E-state index contributed by atoms with van der Waals surface area (Å²) in [6, 6.07) is 2.72. The molecule has 0 aliphatic carbocycles. The van der Waals surface area contributed by atoms with Gasteiger partial charge in [0.15, 0.2) is 0 Å². The maximum atomic E-state index is 13.6. The molecule has 1 aromatic carbocycles. The van der Waals surface area contributed by atoms with Gasteiger partial charge >= 0.3 is 0 Å². The zero-order valence-electron chi connectivity index (χ0n) is 9.70. The van der Waals surface area contributed by atoms with Crippen LogP contribution in [0, 0.1) is 12.7 Å². The van der Waals surface area contributed by atoms with Crippen LogP contribution in [0.3, 0.4) is 0 Å². The molecule has 0 aliphatic heterocycles. The van der Waals surface area contributed by atoms with E-state index in [1.54, 1.807) is 6.07 Å². The summed E-state index contributed by atoms with van der Waals surface area (Å²) in [6.45, 7) is 7.15. The van der Waals surface area contributed by atoms with E-state index in [9.17, 15) is 12.8 Å².